The van der Waals surface area contributed by atoms with Crippen molar-refractivity contribution in [1.29, 1.82) is 0 Å². The molecule has 1 aliphatic heterocycles. The van der Waals surface area contributed by atoms with E-state index in [1.165, 1.54) is 5.56 Å². The van der Waals surface area contributed by atoms with Crippen LogP contribution in [-0.2, 0) is 4.79 Å². The summed E-state index contributed by atoms with van der Waals surface area (Å²) in [5, 5.41) is 10.9. The van der Waals surface area contributed by atoms with Gasteiger partial charge in [-0.25, -0.2) is 19.5 Å². The molecule has 5 heterocycles. The van der Waals surface area contributed by atoms with Crippen LogP contribution in [0.5, 0.6) is 0 Å². The van der Waals surface area contributed by atoms with Crippen LogP contribution >= 0.6 is 0 Å². The van der Waals surface area contributed by atoms with Crippen molar-refractivity contribution in [2.45, 2.75) is 26.2 Å². The van der Waals surface area contributed by atoms with E-state index in [0.717, 1.165) is 29.0 Å². The molecule has 1 amide bonds. The Morgan fingerprint density at radius 2 is 1.97 bits per heavy atom. The van der Waals surface area contributed by atoms with Crippen LogP contribution in [0.2, 0.25) is 0 Å². The number of nitrogens with one attached hydrogen (secondary N) is 2. The number of carbonyl (C=O) groups excluding carboxylic acids is 1. The predicted octanol–water partition coefficient (Wildman–Crippen LogP) is 3.38. The third kappa shape index (κ3) is 4.40. The molecule has 0 saturated carbocycles. The van der Waals surface area contributed by atoms with Crippen molar-refractivity contribution >= 4 is 28.9 Å². The van der Waals surface area contributed by atoms with Gasteiger partial charge in [-0.1, -0.05) is 13.8 Å². The van der Waals surface area contributed by atoms with Crippen LogP contribution in [0.25, 0.3) is 16.8 Å². The molecule has 0 bridgehead atoms. The van der Waals surface area contributed by atoms with Crippen molar-refractivity contribution < 1.29 is 4.79 Å². The van der Waals surface area contributed by atoms with E-state index in [9.17, 15) is 4.79 Å². The van der Waals surface area contributed by atoms with Gasteiger partial charge in [-0.15, -0.1) is 0 Å². The standard InChI is InChI=1S/C24H26N8O/c1-16(2)19-14-28-32-15-17(3-5-21(19)32)20-7-10-26-24(29-20)30-22-6-4-18(13-27-22)31-12-11-25-9-8-23(31)33/h3-7,10,13-16,25H,8-9,11-12H2,1-2H3,(H,26,27,29,30). The average molecular weight is 443 g/mol. The second kappa shape index (κ2) is 8.95. The minimum absolute atomic E-state index is 0.105. The van der Waals surface area contributed by atoms with Gasteiger partial charge in [-0.3, -0.25) is 4.79 Å². The normalized spacial score (nSPS) is 14.6. The van der Waals surface area contributed by atoms with E-state index in [1.54, 1.807) is 17.3 Å². The third-order valence-corrected chi connectivity index (χ3v) is 5.75. The van der Waals surface area contributed by atoms with E-state index in [0.29, 0.717) is 37.2 Å². The Morgan fingerprint density at radius 3 is 2.79 bits per heavy atom. The fourth-order valence-corrected chi connectivity index (χ4v) is 3.96. The van der Waals surface area contributed by atoms with Crippen LogP contribution in [0.15, 0.2) is 55.1 Å². The molecular formula is C24H26N8O. The first kappa shape index (κ1) is 21.0. The van der Waals surface area contributed by atoms with Crippen LogP contribution < -0.4 is 15.5 Å². The Kier molecular flexibility index (Phi) is 5.70. The summed E-state index contributed by atoms with van der Waals surface area (Å²) in [5.74, 6) is 1.58. The first-order chi connectivity index (χ1) is 16.1. The van der Waals surface area contributed by atoms with Gasteiger partial charge in [0.2, 0.25) is 11.9 Å². The summed E-state index contributed by atoms with van der Waals surface area (Å²) in [6.45, 7) is 6.45. The molecule has 5 rings (SSSR count). The lowest BCUT2D eigenvalue weighted by molar-refractivity contribution is -0.118. The summed E-state index contributed by atoms with van der Waals surface area (Å²) in [6, 6.07) is 9.72. The lowest BCUT2D eigenvalue weighted by Gasteiger charge is -2.20. The number of anilines is 3. The molecule has 9 nitrogen and oxygen atoms in total. The molecule has 1 fully saturated rings. The van der Waals surface area contributed by atoms with Crippen molar-refractivity contribution in [2.75, 3.05) is 29.9 Å². The molecule has 0 radical (unpaired) electrons. The maximum atomic E-state index is 12.3. The van der Waals surface area contributed by atoms with Gasteiger partial charge in [0.25, 0.3) is 0 Å². The second-order valence-corrected chi connectivity index (χ2v) is 8.34. The minimum atomic E-state index is 0.105. The van der Waals surface area contributed by atoms with Crippen molar-refractivity contribution in [3.63, 3.8) is 0 Å². The van der Waals surface area contributed by atoms with Gasteiger partial charge < -0.3 is 15.5 Å². The Balaban J connectivity index is 1.34. The van der Waals surface area contributed by atoms with Crippen molar-refractivity contribution in [3.8, 4) is 11.3 Å². The molecule has 0 atom stereocenters. The molecular weight excluding hydrogens is 416 g/mol. The molecule has 33 heavy (non-hydrogen) atoms. The number of rotatable bonds is 5. The Hall–Kier alpha value is -3.85. The van der Waals surface area contributed by atoms with Gasteiger partial charge >= 0.3 is 0 Å². The zero-order valence-electron chi connectivity index (χ0n) is 18.7. The number of amides is 1. The Labute approximate surface area is 191 Å². The van der Waals surface area contributed by atoms with Crippen LogP contribution in [0.1, 0.15) is 31.7 Å². The molecule has 0 aliphatic carbocycles. The topological polar surface area (TPSA) is 100 Å². The first-order valence-corrected chi connectivity index (χ1v) is 11.1. The molecule has 9 heteroatoms. The molecule has 4 aromatic rings. The zero-order chi connectivity index (χ0) is 22.8. The van der Waals surface area contributed by atoms with Gasteiger partial charge in [0.1, 0.15) is 5.82 Å². The molecule has 1 aliphatic rings. The summed E-state index contributed by atoms with van der Waals surface area (Å²) in [4.78, 5) is 27.5. The lowest BCUT2D eigenvalue weighted by atomic mass is 10.1. The van der Waals surface area contributed by atoms with Gasteiger partial charge in [0.15, 0.2) is 0 Å². The molecule has 0 unspecified atom stereocenters. The van der Waals surface area contributed by atoms with Gasteiger partial charge in [0, 0.05) is 49.6 Å². The molecule has 2 N–H and O–H groups in total. The number of pyridine rings is 2. The van der Waals surface area contributed by atoms with Crippen LogP contribution in [-0.4, -0.2) is 50.1 Å². The lowest BCUT2D eigenvalue weighted by Crippen LogP contribution is -2.32. The number of fused-ring (bicyclic) bond motifs is 1. The van der Waals surface area contributed by atoms with Crippen molar-refractivity contribution in [1.82, 2.24) is 29.9 Å². The van der Waals surface area contributed by atoms with Crippen LogP contribution in [0, 0.1) is 0 Å². The highest BCUT2D eigenvalue weighted by Gasteiger charge is 2.18. The summed E-state index contributed by atoms with van der Waals surface area (Å²) in [6.07, 6.45) is 7.81. The van der Waals surface area contributed by atoms with Crippen LogP contribution in [0.3, 0.4) is 0 Å². The fraction of sp³-hybridized carbons (Fsp3) is 0.292. The number of hydrogen-bond donors (Lipinski definition) is 2. The molecule has 168 valence electrons. The Bertz CT molecular complexity index is 1280. The van der Waals surface area contributed by atoms with E-state index >= 15 is 0 Å². The van der Waals surface area contributed by atoms with Gasteiger partial charge in [-0.05, 0) is 36.2 Å². The number of hydrogen-bond acceptors (Lipinski definition) is 7. The maximum Gasteiger partial charge on any atom is 0.228 e. The van der Waals surface area contributed by atoms with Crippen LogP contribution in [0.4, 0.5) is 17.5 Å². The monoisotopic (exact) mass is 442 g/mol. The molecule has 0 spiro atoms. The molecule has 1 saturated heterocycles. The van der Waals surface area contributed by atoms with E-state index in [4.69, 9.17) is 0 Å². The van der Waals surface area contributed by atoms with E-state index in [-0.39, 0.29) is 5.91 Å². The number of nitrogens with zero attached hydrogens (tertiary/aromatic N) is 6. The van der Waals surface area contributed by atoms with Gasteiger partial charge in [0.05, 0.1) is 29.3 Å². The highest BCUT2D eigenvalue weighted by atomic mass is 16.2. The molecule has 0 aromatic carbocycles. The smallest absolute Gasteiger partial charge is 0.228 e. The van der Waals surface area contributed by atoms with E-state index in [1.807, 2.05) is 35.1 Å². The van der Waals surface area contributed by atoms with E-state index < -0.39 is 0 Å². The first-order valence-electron chi connectivity index (χ1n) is 11.1. The second-order valence-electron chi connectivity index (χ2n) is 8.34. The largest absolute Gasteiger partial charge is 0.314 e. The van der Waals surface area contributed by atoms with E-state index in [2.05, 4.69) is 56.7 Å². The molecule has 4 aromatic heterocycles. The van der Waals surface area contributed by atoms with Crippen molar-refractivity contribution in [3.05, 3.63) is 60.7 Å². The summed E-state index contributed by atoms with van der Waals surface area (Å²) < 4.78 is 1.89. The number of carbonyl (C=O) groups is 1. The summed E-state index contributed by atoms with van der Waals surface area (Å²) in [5.41, 5.74) is 4.85. The highest BCUT2D eigenvalue weighted by molar-refractivity contribution is 5.93. The Morgan fingerprint density at radius 1 is 1.06 bits per heavy atom. The maximum absolute atomic E-state index is 12.3. The van der Waals surface area contributed by atoms with Gasteiger partial charge in [-0.2, -0.15) is 5.10 Å². The summed E-state index contributed by atoms with van der Waals surface area (Å²) >= 11 is 0. The third-order valence-electron chi connectivity index (χ3n) is 5.75. The SMILES string of the molecule is CC(C)c1cnn2cc(-c3ccnc(Nc4ccc(N5CCNCCC5=O)cn4)n3)ccc12. The minimum Gasteiger partial charge on any atom is -0.314 e. The number of aromatic nitrogens is 5. The zero-order valence-corrected chi connectivity index (χ0v) is 18.7. The van der Waals surface area contributed by atoms with Crippen molar-refractivity contribution in [2.24, 2.45) is 0 Å². The average Bonchev–Trinajstić information content (AvgIpc) is 3.14. The highest BCUT2D eigenvalue weighted by Crippen LogP contribution is 2.25. The predicted molar refractivity (Wildman–Crippen MR) is 128 cm³/mol. The quantitative estimate of drug-likeness (QED) is 0.489. The summed E-state index contributed by atoms with van der Waals surface area (Å²) in [7, 11) is 0. The fourth-order valence-electron chi connectivity index (χ4n) is 3.96.